The highest BCUT2D eigenvalue weighted by molar-refractivity contribution is 5.95. The third-order valence-electron chi connectivity index (χ3n) is 5.19. The normalized spacial score (nSPS) is 20.0. The highest BCUT2D eigenvalue weighted by Gasteiger charge is 2.29. The summed E-state index contributed by atoms with van der Waals surface area (Å²) in [6.45, 7) is 3.73. The lowest BCUT2D eigenvalue weighted by molar-refractivity contribution is -0.118. The summed E-state index contributed by atoms with van der Waals surface area (Å²) >= 11 is 0. The standard InChI is InChI=1S/C20H24N4O/c1-14-16-9-10-18(25)24(13-11-15-6-3-2-4-7-15)20(16)23-19(22-14)17-8-5-12-21-17/h2-4,6-7,17,21H,5,8-13H2,1H3/t17-/m0/s1. The number of benzene rings is 1. The van der Waals surface area contributed by atoms with Crippen LogP contribution < -0.4 is 10.2 Å². The van der Waals surface area contributed by atoms with Crippen molar-refractivity contribution in [1.82, 2.24) is 15.3 Å². The van der Waals surface area contributed by atoms with Crippen LogP contribution in [0.5, 0.6) is 0 Å². The molecule has 1 aromatic carbocycles. The molecule has 0 saturated carbocycles. The largest absolute Gasteiger partial charge is 0.307 e. The Balaban J connectivity index is 1.63. The summed E-state index contributed by atoms with van der Waals surface area (Å²) in [5, 5.41) is 3.46. The van der Waals surface area contributed by atoms with E-state index in [1.807, 2.05) is 30.0 Å². The van der Waals surface area contributed by atoms with Crippen molar-refractivity contribution in [2.45, 2.75) is 45.1 Å². The van der Waals surface area contributed by atoms with Crippen molar-refractivity contribution >= 4 is 11.7 Å². The summed E-state index contributed by atoms with van der Waals surface area (Å²) in [6.07, 6.45) is 4.36. The molecule has 3 heterocycles. The maximum atomic E-state index is 12.6. The number of hydrogen-bond acceptors (Lipinski definition) is 4. The van der Waals surface area contributed by atoms with Crippen LogP contribution in [0.25, 0.3) is 0 Å². The van der Waals surface area contributed by atoms with E-state index in [-0.39, 0.29) is 11.9 Å². The van der Waals surface area contributed by atoms with Gasteiger partial charge in [0.1, 0.15) is 11.6 Å². The van der Waals surface area contributed by atoms with Gasteiger partial charge in [0.2, 0.25) is 5.91 Å². The maximum absolute atomic E-state index is 12.6. The number of hydrogen-bond donors (Lipinski definition) is 1. The molecule has 0 unspecified atom stereocenters. The van der Waals surface area contributed by atoms with E-state index < -0.39 is 0 Å². The summed E-state index contributed by atoms with van der Waals surface area (Å²) in [4.78, 5) is 24.0. The van der Waals surface area contributed by atoms with Gasteiger partial charge in [0.05, 0.1) is 6.04 Å². The average Bonchev–Trinajstić information content (AvgIpc) is 3.16. The fourth-order valence-electron chi connectivity index (χ4n) is 3.78. The predicted molar refractivity (Wildman–Crippen MR) is 97.6 cm³/mol. The van der Waals surface area contributed by atoms with E-state index in [2.05, 4.69) is 17.4 Å². The van der Waals surface area contributed by atoms with E-state index in [0.29, 0.717) is 13.0 Å². The summed E-state index contributed by atoms with van der Waals surface area (Å²) in [5.74, 6) is 1.85. The molecule has 5 heteroatoms. The quantitative estimate of drug-likeness (QED) is 0.933. The van der Waals surface area contributed by atoms with E-state index in [0.717, 1.165) is 55.1 Å². The van der Waals surface area contributed by atoms with Crippen LogP contribution in [0.2, 0.25) is 0 Å². The lowest BCUT2D eigenvalue weighted by Gasteiger charge is -2.30. The number of nitrogens with one attached hydrogen (secondary N) is 1. The van der Waals surface area contributed by atoms with Gasteiger partial charge in [-0.3, -0.25) is 9.69 Å². The number of anilines is 1. The molecule has 1 N–H and O–H groups in total. The fourth-order valence-corrected chi connectivity index (χ4v) is 3.78. The average molecular weight is 336 g/mol. The van der Waals surface area contributed by atoms with Crippen molar-refractivity contribution < 1.29 is 4.79 Å². The van der Waals surface area contributed by atoms with E-state index in [9.17, 15) is 4.79 Å². The van der Waals surface area contributed by atoms with Crippen LogP contribution in [0.15, 0.2) is 30.3 Å². The molecule has 2 aliphatic rings. The van der Waals surface area contributed by atoms with E-state index in [4.69, 9.17) is 9.97 Å². The highest BCUT2D eigenvalue weighted by atomic mass is 16.2. The van der Waals surface area contributed by atoms with Gasteiger partial charge in [0, 0.05) is 24.2 Å². The van der Waals surface area contributed by atoms with Gasteiger partial charge in [-0.1, -0.05) is 30.3 Å². The molecule has 2 aliphatic heterocycles. The molecule has 130 valence electrons. The molecular formula is C20H24N4O. The van der Waals surface area contributed by atoms with Crippen molar-refractivity contribution in [2.75, 3.05) is 18.0 Å². The Bertz CT molecular complexity index is 769. The van der Waals surface area contributed by atoms with Gasteiger partial charge in [-0.05, 0) is 44.7 Å². The van der Waals surface area contributed by atoms with Crippen molar-refractivity contribution in [1.29, 1.82) is 0 Å². The molecule has 1 fully saturated rings. The number of aryl methyl sites for hydroxylation is 1. The van der Waals surface area contributed by atoms with Gasteiger partial charge in [0.15, 0.2) is 0 Å². The number of carbonyl (C=O) groups is 1. The molecule has 1 amide bonds. The molecule has 0 spiro atoms. The van der Waals surface area contributed by atoms with Crippen LogP contribution in [0.1, 0.15) is 47.9 Å². The topological polar surface area (TPSA) is 58.1 Å². The van der Waals surface area contributed by atoms with Crippen LogP contribution in [0.3, 0.4) is 0 Å². The molecule has 0 radical (unpaired) electrons. The molecule has 1 saturated heterocycles. The predicted octanol–water partition coefficient (Wildman–Crippen LogP) is 2.73. The SMILES string of the molecule is Cc1nc([C@@H]2CCCN2)nc2c1CCC(=O)N2CCc1ccccc1. The van der Waals surface area contributed by atoms with Gasteiger partial charge >= 0.3 is 0 Å². The first-order valence-electron chi connectivity index (χ1n) is 9.17. The van der Waals surface area contributed by atoms with Crippen LogP contribution in [-0.2, 0) is 17.6 Å². The molecule has 5 nitrogen and oxygen atoms in total. The zero-order valence-corrected chi connectivity index (χ0v) is 14.7. The minimum atomic E-state index is 0.173. The van der Waals surface area contributed by atoms with Gasteiger partial charge in [-0.15, -0.1) is 0 Å². The molecule has 2 aromatic rings. The fraction of sp³-hybridized carbons (Fsp3) is 0.450. The van der Waals surface area contributed by atoms with Crippen LogP contribution in [0.4, 0.5) is 5.82 Å². The van der Waals surface area contributed by atoms with Gasteiger partial charge in [0.25, 0.3) is 0 Å². The number of amides is 1. The minimum absolute atomic E-state index is 0.173. The van der Waals surface area contributed by atoms with E-state index in [1.54, 1.807) is 0 Å². The maximum Gasteiger partial charge on any atom is 0.228 e. The Morgan fingerprint density at radius 3 is 2.80 bits per heavy atom. The van der Waals surface area contributed by atoms with Crippen molar-refractivity contribution in [3.05, 3.63) is 53.0 Å². The molecule has 1 atom stereocenters. The van der Waals surface area contributed by atoms with E-state index >= 15 is 0 Å². The Hall–Kier alpha value is -2.27. The smallest absolute Gasteiger partial charge is 0.228 e. The molecule has 0 aliphatic carbocycles. The zero-order valence-electron chi connectivity index (χ0n) is 14.7. The number of rotatable bonds is 4. The highest BCUT2D eigenvalue weighted by Crippen LogP contribution is 2.30. The van der Waals surface area contributed by atoms with Gasteiger partial charge < -0.3 is 5.32 Å². The minimum Gasteiger partial charge on any atom is -0.307 e. The Kier molecular flexibility index (Phi) is 4.49. The third kappa shape index (κ3) is 3.29. The summed E-state index contributed by atoms with van der Waals surface area (Å²) in [7, 11) is 0. The number of nitrogens with zero attached hydrogens (tertiary/aromatic N) is 3. The molecular weight excluding hydrogens is 312 g/mol. The van der Waals surface area contributed by atoms with Gasteiger partial charge in [-0.2, -0.15) is 0 Å². The first-order valence-corrected chi connectivity index (χ1v) is 9.17. The van der Waals surface area contributed by atoms with Crippen molar-refractivity contribution in [2.24, 2.45) is 0 Å². The van der Waals surface area contributed by atoms with E-state index in [1.165, 1.54) is 5.56 Å². The first-order chi connectivity index (χ1) is 12.2. The zero-order chi connectivity index (χ0) is 17.2. The summed E-state index contributed by atoms with van der Waals surface area (Å²) in [6, 6.07) is 10.5. The lowest BCUT2D eigenvalue weighted by atomic mass is 10.0. The second kappa shape index (κ2) is 6.92. The van der Waals surface area contributed by atoms with Crippen molar-refractivity contribution in [3.8, 4) is 0 Å². The summed E-state index contributed by atoms with van der Waals surface area (Å²) < 4.78 is 0. The number of fused-ring (bicyclic) bond motifs is 1. The Morgan fingerprint density at radius 1 is 1.20 bits per heavy atom. The van der Waals surface area contributed by atoms with Crippen LogP contribution >= 0.6 is 0 Å². The summed E-state index contributed by atoms with van der Waals surface area (Å²) in [5.41, 5.74) is 3.39. The number of aromatic nitrogens is 2. The lowest BCUT2D eigenvalue weighted by Crippen LogP contribution is -2.38. The van der Waals surface area contributed by atoms with Crippen LogP contribution in [-0.4, -0.2) is 29.0 Å². The first kappa shape index (κ1) is 16.2. The second-order valence-corrected chi connectivity index (χ2v) is 6.90. The van der Waals surface area contributed by atoms with Crippen molar-refractivity contribution in [3.63, 3.8) is 0 Å². The number of carbonyl (C=O) groups excluding carboxylic acids is 1. The molecule has 25 heavy (non-hydrogen) atoms. The Labute approximate surface area is 148 Å². The molecule has 0 bridgehead atoms. The molecule has 1 aromatic heterocycles. The van der Waals surface area contributed by atoms with Gasteiger partial charge in [-0.25, -0.2) is 9.97 Å². The monoisotopic (exact) mass is 336 g/mol. The Morgan fingerprint density at radius 2 is 2.04 bits per heavy atom. The third-order valence-corrected chi connectivity index (χ3v) is 5.19. The second-order valence-electron chi connectivity index (χ2n) is 6.90. The van der Waals surface area contributed by atoms with Crippen LogP contribution in [0, 0.1) is 6.92 Å². The molecule has 4 rings (SSSR count).